The zero-order valence-corrected chi connectivity index (χ0v) is 6.10. The smallest absolute Gasteiger partial charge is 0.120 e. The summed E-state index contributed by atoms with van der Waals surface area (Å²) >= 11 is 5.49. The van der Waals surface area contributed by atoms with Crippen molar-refractivity contribution in [3.8, 4) is 5.75 Å². The lowest BCUT2D eigenvalue weighted by molar-refractivity contribution is 0.470. The lowest BCUT2D eigenvalue weighted by Crippen LogP contribution is -1.86. The molecular weight excluding hydrogens is 150 g/mol. The third-order valence-electron chi connectivity index (χ3n) is 1.25. The van der Waals surface area contributed by atoms with Crippen LogP contribution in [-0.2, 0) is 5.88 Å². The SMILES string of the molecule is Nc1ccc(O)c(CCl)c1. The van der Waals surface area contributed by atoms with Crippen molar-refractivity contribution in [1.82, 2.24) is 0 Å². The summed E-state index contributed by atoms with van der Waals surface area (Å²) in [5.41, 5.74) is 6.72. The Morgan fingerprint density at radius 3 is 2.70 bits per heavy atom. The Labute approximate surface area is 64.2 Å². The predicted molar refractivity (Wildman–Crippen MR) is 42.1 cm³/mol. The lowest BCUT2D eigenvalue weighted by Gasteiger charge is -1.99. The molecule has 1 aromatic carbocycles. The van der Waals surface area contributed by atoms with Crippen molar-refractivity contribution in [2.45, 2.75) is 5.88 Å². The molecule has 0 saturated carbocycles. The minimum atomic E-state index is 0.198. The van der Waals surface area contributed by atoms with E-state index in [1.165, 1.54) is 6.07 Å². The predicted octanol–water partition coefficient (Wildman–Crippen LogP) is 1.71. The Kier molecular flexibility index (Phi) is 2.02. The Morgan fingerprint density at radius 1 is 1.50 bits per heavy atom. The number of anilines is 1. The van der Waals surface area contributed by atoms with Gasteiger partial charge in [-0.3, -0.25) is 0 Å². The second-order valence-electron chi connectivity index (χ2n) is 2.02. The molecular formula is C7H8ClNO. The van der Waals surface area contributed by atoms with Gasteiger partial charge in [-0.1, -0.05) is 0 Å². The van der Waals surface area contributed by atoms with Crippen molar-refractivity contribution < 1.29 is 5.11 Å². The van der Waals surface area contributed by atoms with Gasteiger partial charge in [0.25, 0.3) is 0 Å². The van der Waals surface area contributed by atoms with E-state index in [0.29, 0.717) is 11.3 Å². The molecule has 0 heterocycles. The molecule has 0 radical (unpaired) electrons. The number of phenols is 1. The van der Waals surface area contributed by atoms with E-state index in [1.807, 2.05) is 0 Å². The van der Waals surface area contributed by atoms with Crippen LogP contribution in [0.3, 0.4) is 0 Å². The van der Waals surface area contributed by atoms with Gasteiger partial charge in [0.2, 0.25) is 0 Å². The molecule has 0 fully saturated rings. The first-order valence-electron chi connectivity index (χ1n) is 2.87. The summed E-state index contributed by atoms with van der Waals surface area (Å²) in [7, 11) is 0. The highest BCUT2D eigenvalue weighted by molar-refractivity contribution is 6.17. The van der Waals surface area contributed by atoms with Crippen LogP contribution in [0.4, 0.5) is 5.69 Å². The van der Waals surface area contributed by atoms with Crippen molar-refractivity contribution in [3.05, 3.63) is 23.8 Å². The van der Waals surface area contributed by atoms with Crippen LogP contribution in [0.1, 0.15) is 5.56 Å². The van der Waals surface area contributed by atoms with Crippen molar-refractivity contribution in [2.24, 2.45) is 0 Å². The molecule has 2 nitrogen and oxygen atoms in total. The van der Waals surface area contributed by atoms with E-state index >= 15 is 0 Å². The molecule has 0 saturated heterocycles. The molecule has 0 unspecified atom stereocenters. The van der Waals surface area contributed by atoms with Crippen LogP contribution in [0.5, 0.6) is 5.75 Å². The second-order valence-corrected chi connectivity index (χ2v) is 2.29. The fraction of sp³-hybridized carbons (Fsp3) is 0.143. The van der Waals surface area contributed by atoms with Gasteiger partial charge in [-0.25, -0.2) is 0 Å². The first kappa shape index (κ1) is 7.22. The van der Waals surface area contributed by atoms with Crippen LogP contribution in [-0.4, -0.2) is 5.11 Å². The standard InChI is InChI=1S/C7H8ClNO/c8-4-5-3-6(9)1-2-7(5)10/h1-3,10H,4,9H2. The Morgan fingerprint density at radius 2 is 2.20 bits per heavy atom. The van der Waals surface area contributed by atoms with Crippen molar-refractivity contribution in [2.75, 3.05) is 5.73 Å². The molecule has 0 atom stereocenters. The molecule has 0 amide bonds. The quantitative estimate of drug-likeness (QED) is 0.371. The van der Waals surface area contributed by atoms with Crippen LogP contribution >= 0.6 is 11.6 Å². The molecule has 1 aromatic rings. The van der Waals surface area contributed by atoms with Gasteiger partial charge in [-0.2, -0.15) is 0 Å². The second kappa shape index (κ2) is 2.80. The van der Waals surface area contributed by atoms with Gasteiger partial charge >= 0.3 is 0 Å². The van der Waals surface area contributed by atoms with E-state index in [1.54, 1.807) is 12.1 Å². The van der Waals surface area contributed by atoms with Gasteiger partial charge in [0.1, 0.15) is 5.75 Å². The topological polar surface area (TPSA) is 46.2 Å². The molecule has 1 rings (SSSR count). The van der Waals surface area contributed by atoms with E-state index in [2.05, 4.69) is 0 Å². The van der Waals surface area contributed by atoms with Crippen LogP contribution in [0.25, 0.3) is 0 Å². The average Bonchev–Trinajstić information content (AvgIpc) is 1.94. The van der Waals surface area contributed by atoms with Crippen molar-refractivity contribution in [1.29, 1.82) is 0 Å². The fourth-order valence-electron chi connectivity index (χ4n) is 0.712. The molecule has 10 heavy (non-hydrogen) atoms. The third kappa shape index (κ3) is 1.33. The largest absolute Gasteiger partial charge is 0.508 e. The van der Waals surface area contributed by atoms with Gasteiger partial charge in [0.15, 0.2) is 0 Å². The Bertz CT molecular complexity index is 237. The van der Waals surface area contributed by atoms with Crippen LogP contribution in [0.15, 0.2) is 18.2 Å². The number of benzene rings is 1. The summed E-state index contributed by atoms with van der Waals surface area (Å²) < 4.78 is 0. The molecule has 3 heteroatoms. The molecule has 0 aliphatic carbocycles. The lowest BCUT2D eigenvalue weighted by atomic mass is 10.2. The number of phenolic OH excluding ortho intramolecular Hbond substituents is 1. The minimum Gasteiger partial charge on any atom is -0.508 e. The van der Waals surface area contributed by atoms with E-state index in [9.17, 15) is 0 Å². The first-order chi connectivity index (χ1) is 4.74. The normalized spacial score (nSPS) is 9.70. The maximum atomic E-state index is 9.09. The number of hydrogen-bond acceptors (Lipinski definition) is 2. The maximum Gasteiger partial charge on any atom is 0.120 e. The molecule has 0 bridgehead atoms. The van der Waals surface area contributed by atoms with Crippen LogP contribution in [0.2, 0.25) is 0 Å². The summed E-state index contributed by atoms with van der Waals surface area (Å²) in [6.07, 6.45) is 0. The number of halogens is 1. The van der Waals surface area contributed by atoms with Crippen molar-refractivity contribution >= 4 is 17.3 Å². The Balaban J connectivity index is 3.09. The van der Waals surface area contributed by atoms with E-state index in [4.69, 9.17) is 22.4 Å². The average molecular weight is 158 g/mol. The summed E-state index contributed by atoms with van der Waals surface area (Å²) in [6, 6.07) is 4.82. The number of rotatable bonds is 1. The third-order valence-corrected chi connectivity index (χ3v) is 1.54. The number of hydrogen-bond donors (Lipinski definition) is 2. The van der Waals surface area contributed by atoms with Crippen LogP contribution < -0.4 is 5.73 Å². The monoisotopic (exact) mass is 157 g/mol. The molecule has 3 N–H and O–H groups in total. The van der Waals surface area contributed by atoms with Crippen LogP contribution in [0, 0.1) is 0 Å². The maximum absolute atomic E-state index is 9.09. The highest BCUT2D eigenvalue weighted by Crippen LogP contribution is 2.20. The number of aromatic hydroxyl groups is 1. The van der Waals surface area contributed by atoms with Gasteiger partial charge in [-0.05, 0) is 18.2 Å². The molecule has 54 valence electrons. The Hall–Kier alpha value is -0.890. The summed E-state index contributed by atoms with van der Waals surface area (Å²) in [5.74, 6) is 0.487. The highest BCUT2D eigenvalue weighted by Gasteiger charge is 1.97. The molecule has 0 spiro atoms. The molecule has 0 aliphatic heterocycles. The van der Waals surface area contributed by atoms with Gasteiger partial charge in [0.05, 0.1) is 5.88 Å². The van der Waals surface area contributed by atoms with Gasteiger partial charge < -0.3 is 10.8 Å². The number of nitrogens with two attached hydrogens (primary N) is 1. The zero-order chi connectivity index (χ0) is 7.56. The summed E-state index contributed by atoms with van der Waals surface area (Å²) in [4.78, 5) is 0. The summed E-state index contributed by atoms with van der Waals surface area (Å²) in [5, 5.41) is 9.09. The van der Waals surface area contributed by atoms with E-state index < -0.39 is 0 Å². The van der Waals surface area contributed by atoms with Crippen molar-refractivity contribution in [3.63, 3.8) is 0 Å². The highest BCUT2D eigenvalue weighted by atomic mass is 35.5. The van der Waals surface area contributed by atoms with E-state index in [-0.39, 0.29) is 11.6 Å². The zero-order valence-electron chi connectivity index (χ0n) is 5.34. The number of nitrogen functional groups attached to an aromatic ring is 1. The van der Waals surface area contributed by atoms with E-state index in [0.717, 1.165) is 0 Å². The summed E-state index contributed by atoms with van der Waals surface area (Å²) in [6.45, 7) is 0. The molecule has 0 aromatic heterocycles. The van der Waals surface area contributed by atoms with Gasteiger partial charge in [-0.15, -0.1) is 11.6 Å². The first-order valence-corrected chi connectivity index (χ1v) is 3.41. The number of alkyl halides is 1. The minimum absolute atomic E-state index is 0.198. The molecule has 0 aliphatic rings. The fourth-order valence-corrected chi connectivity index (χ4v) is 0.927. The van der Waals surface area contributed by atoms with Gasteiger partial charge in [0, 0.05) is 11.3 Å².